The summed E-state index contributed by atoms with van der Waals surface area (Å²) < 4.78 is 54.1. The van der Waals surface area contributed by atoms with Crippen molar-refractivity contribution in [2.75, 3.05) is 5.75 Å². The van der Waals surface area contributed by atoms with Gasteiger partial charge in [-0.2, -0.15) is 5.10 Å². The summed E-state index contributed by atoms with van der Waals surface area (Å²) in [6, 6.07) is 6.07. The van der Waals surface area contributed by atoms with Crippen LogP contribution in [0.5, 0.6) is 0 Å². The van der Waals surface area contributed by atoms with E-state index < -0.39 is 28.3 Å². The molecule has 4 aromatic rings. The van der Waals surface area contributed by atoms with Crippen LogP contribution in [0, 0.1) is 0 Å². The molecule has 0 bridgehead atoms. The predicted molar refractivity (Wildman–Crippen MR) is 136 cm³/mol. The summed E-state index contributed by atoms with van der Waals surface area (Å²) in [6.45, 7) is 5.20. The highest BCUT2D eigenvalue weighted by molar-refractivity contribution is 7.79. The minimum atomic E-state index is -2.97. The fraction of sp³-hybridized carbons (Fsp3) is 0.417. The lowest BCUT2D eigenvalue weighted by Crippen LogP contribution is -2.40. The van der Waals surface area contributed by atoms with Gasteiger partial charge in [0.25, 0.3) is 11.5 Å². The van der Waals surface area contributed by atoms with Crippen LogP contribution in [0.4, 0.5) is 8.78 Å². The lowest BCUT2D eigenvalue weighted by atomic mass is 10.1. The number of halogens is 2. The SMILES string of the molecule is CCCn1c(=O)c2c(nc(-c3cnn(Cc4cccc(C(C)(F)F)c4)c3)n2CCS(=O)O)n(CC)c1=O. The Morgan fingerprint density at radius 2 is 1.86 bits per heavy atom. The monoisotopic (exact) mass is 534 g/mol. The van der Waals surface area contributed by atoms with Gasteiger partial charge in [-0.1, -0.05) is 25.1 Å². The first-order chi connectivity index (χ1) is 17.5. The Balaban J connectivity index is 1.83. The van der Waals surface area contributed by atoms with Crippen molar-refractivity contribution in [3.63, 3.8) is 0 Å². The molecule has 1 N–H and O–H groups in total. The van der Waals surface area contributed by atoms with Crippen LogP contribution < -0.4 is 11.2 Å². The molecule has 37 heavy (non-hydrogen) atoms. The van der Waals surface area contributed by atoms with E-state index in [4.69, 9.17) is 0 Å². The van der Waals surface area contributed by atoms with Crippen LogP contribution in [0.2, 0.25) is 0 Å². The normalized spacial score (nSPS) is 12.9. The number of benzene rings is 1. The number of imidazole rings is 1. The minimum absolute atomic E-state index is 0.0109. The highest BCUT2D eigenvalue weighted by atomic mass is 32.2. The van der Waals surface area contributed by atoms with Crippen molar-refractivity contribution >= 4 is 22.2 Å². The molecule has 0 saturated carbocycles. The quantitative estimate of drug-likeness (QED) is 0.313. The number of hydrogen-bond acceptors (Lipinski definition) is 5. The van der Waals surface area contributed by atoms with E-state index in [-0.39, 0.29) is 48.7 Å². The van der Waals surface area contributed by atoms with Gasteiger partial charge in [0, 0.05) is 38.3 Å². The van der Waals surface area contributed by atoms with E-state index in [0.29, 0.717) is 23.4 Å². The van der Waals surface area contributed by atoms with Gasteiger partial charge in [0.2, 0.25) is 0 Å². The molecule has 0 fully saturated rings. The smallest absolute Gasteiger partial charge is 0.317 e. The molecule has 0 aliphatic heterocycles. The van der Waals surface area contributed by atoms with Crippen LogP contribution in [0.3, 0.4) is 0 Å². The number of fused-ring (bicyclic) bond motifs is 1. The van der Waals surface area contributed by atoms with E-state index in [1.807, 2.05) is 6.92 Å². The van der Waals surface area contributed by atoms with Crippen molar-refractivity contribution in [2.24, 2.45) is 0 Å². The molecule has 0 spiro atoms. The molecular weight excluding hydrogens is 506 g/mol. The standard InChI is InChI=1S/C24H28F2N6O4S/c1-4-9-32-22(33)19-21(30(5-2)23(32)34)28-20(31(19)10-11-37(35)36)17-13-27-29(15-17)14-16-7-6-8-18(12-16)24(3,25)26/h6-8,12-13,15H,4-5,9-11,14H2,1-3H3,(H,35,36). The fourth-order valence-corrected chi connectivity index (χ4v) is 4.64. The van der Waals surface area contributed by atoms with Crippen LogP contribution in [0.15, 0.2) is 46.2 Å². The van der Waals surface area contributed by atoms with E-state index in [1.54, 1.807) is 34.5 Å². The number of alkyl halides is 2. The molecular formula is C24H28F2N6O4S. The predicted octanol–water partition coefficient (Wildman–Crippen LogP) is 3.03. The molecule has 10 nitrogen and oxygen atoms in total. The van der Waals surface area contributed by atoms with E-state index in [9.17, 15) is 27.1 Å². The number of aromatic nitrogens is 6. The van der Waals surface area contributed by atoms with Gasteiger partial charge in [0.1, 0.15) is 5.82 Å². The Morgan fingerprint density at radius 3 is 2.51 bits per heavy atom. The summed E-state index contributed by atoms with van der Waals surface area (Å²) in [5.74, 6) is -2.81. The summed E-state index contributed by atoms with van der Waals surface area (Å²) in [5.41, 5.74) is 0.409. The van der Waals surface area contributed by atoms with Crippen molar-refractivity contribution in [3.05, 3.63) is 68.6 Å². The molecule has 1 unspecified atom stereocenters. The Hall–Kier alpha value is -3.45. The first-order valence-corrected chi connectivity index (χ1v) is 13.1. The average molecular weight is 535 g/mol. The Labute approximate surface area is 213 Å². The maximum atomic E-state index is 13.7. The van der Waals surface area contributed by atoms with Crippen molar-refractivity contribution < 1.29 is 17.5 Å². The van der Waals surface area contributed by atoms with Gasteiger partial charge in [0.15, 0.2) is 22.2 Å². The molecule has 0 aliphatic carbocycles. The van der Waals surface area contributed by atoms with Gasteiger partial charge in [0.05, 0.1) is 24.1 Å². The highest BCUT2D eigenvalue weighted by Crippen LogP contribution is 2.28. The number of hydrogen-bond donors (Lipinski definition) is 1. The molecule has 3 heterocycles. The average Bonchev–Trinajstić information content (AvgIpc) is 3.45. The third-order valence-corrected chi connectivity index (χ3v) is 6.57. The summed E-state index contributed by atoms with van der Waals surface area (Å²) >= 11 is -2.12. The lowest BCUT2D eigenvalue weighted by molar-refractivity contribution is 0.0174. The van der Waals surface area contributed by atoms with Gasteiger partial charge in [-0.25, -0.2) is 22.8 Å². The van der Waals surface area contributed by atoms with Gasteiger partial charge < -0.3 is 9.12 Å². The fourth-order valence-electron chi connectivity index (χ4n) is 4.30. The molecule has 198 valence electrons. The van der Waals surface area contributed by atoms with Crippen molar-refractivity contribution in [2.45, 2.75) is 59.3 Å². The number of nitrogens with zero attached hydrogens (tertiary/aromatic N) is 6. The van der Waals surface area contributed by atoms with Crippen molar-refractivity contribution in [1.29, 1.82) is 0 Å². The summed E-state index contributed by atoms with van der Waals surface area (Å²) in [7, 11) is 0. The van der Waals surface area contributed by atoms with Gasteiger partial charge in [-0.15, -0.1) is 0 Å². The summed E-state index contributed by atoms with van der Waals surface area (Å²) in [4.78, 5) is 30.9. The van der Waals surface area contributed by atoms with Gasteiger partial charge in [-0.05, 0) is 25.0 Å². The maximum absolute atomic E-state index is 13.7. The third kappa shape index (κ3) is 5.32. The Morgan fingerprint density at radius 1 is 1.11 bits per heavy atom. The molecule has 0 radical (unpaired) electrons. The zero-order valence-corrected chi connectivity index (χ0v) is 21.5. The molecule has 1 aromatic carbocycles. The second-order valence-corrected chi connectivity index (χ2v) is 9.84. The van der Waals surface area contributed by atoms with E-state index >= 15 is 0 Å². The molecule has 0 saturated heterocycles. The van der Waals surface area contributed by atoms with Crippen LogP contribution >= 0.6 is 0 Å². The summed E-state index contributed by atoms with van der Waals surface area (Å²) in [5, 5.41) is 4.33. The van der Waals surface area contributed by atoms with E-state index in [1.165, 1.54) is 22.9 Å². The highest BCUT2D eigenvalue weighted by Gasteiger charge is 2.25. The largest absolute Gasteiger partial charge is 0.332 e. The Kier molecular flexibility index (Phi) is 7.55. The molecule has 3 aromatic heterocycles. The third-order valence-electron chi connectivity index (χ3n) is 6.04. The molecule has 1 atom stereocenters. The first-order valence-electron chi connectivity index (χ1n) is 11.9. The van der Waals surface area contributed by atoms with Crippen molar-refractivity contribution in [3.8, 4) is 11.4 Å². The van der Waals surface area contributed by atoms with Crippen LogP contribution in [0.25, 0.3) is 22.6 Å². The van der Waals surface area contributed by atoms with Crippen LogP contribution in [-0.2, 0) is 43.2 Å². The second-order valence-electron chi connectivity index (χ2n) is 8.78. The topological polar surface area (TPSA) is 117 Å². The zero-order chi connectivity index (χ0) is 26.9. The van der Waals surface area contributed by atoms with Gasteiger partial charge >= 0.3 is 5.69 Å². The van der Waals surface area contributed by atoms with Crippen LogP contribution in [0.1, 0.15) is 38.3 Å². The molecule has 0 aliphatic rings. The van der Waals surface area contributed by atoms with Gasteiger partial charge in [-0.3, -0.25) is 18.6 Å². The number of aryl methyl sites for hydroxylation is 2. The van der Waals surface area contributed by atoms with E-state index in [0.717, 1.165) is 11.5 Å². The number of rotatable bonds is 10. The molecule has 13 heteroatoms. The lowest BCUT2D eigenvalue weighted by Gasteiger charge is -2.12. The Bertz CT molecular complexity index is 1580. The molecule has 4 rings (SSSR count). The van der Waals surface area contributed by atoms with E-state index in [2.05, 4.69) is 10.1 Å². The van der Waals surface area contributed by atoms with Crippen molar-refractivity contribution in [1.82, 2.24) is 28.5 Å². The van der Waals surface area contributed by atoms with Crippen LogP contribution in [-0.4, -0.2) is 43.0 Å². The second kappa shape index (κ2) is 10.5. The molecule has 0 amide bonds. The maximum Gasteiger partial charge on any atom is 0.332 e. The minimum Gasteiger partial charge on any atom is -0.317 e. The summed E-state index contributed by atoms with van der Waals surface area (Å²) in [6.07, 6.45) is 3.75. The first kappa shape index (κ1) is 26.6. The zero-order valence-electron chi connectivity index (χ0n) is 20.7.